The van der Waals surface area contributed by atoms with Crippen molar-refractivity contribution in [3.63, 3.8) is 0 Å². The molecule has 0 atom stereocenters. The number of ether oxygens (including phenoxy) is 1. The fraction of sp³-hybridized carbons (Fsp3) is 0.0769. The summed E-state index contributed by atoms with van der Waals surface area (Å²) in [5.74, 6) is -0.167. The van der Waals surface area contributed by atoms with Crippen molar-refractivity contribution in [3.8, 4) is 11.6 Å². The number of carbonyl (C=O) groups is 1. The number of benzene rings is 1. The lowest BCUT2D eigenvalue weighted by Gasteiger charge is -2.07. The Kier molecular flexibility index (Phi) is 3.87. The summed E-state index contributed by atoms with van der Waals surface area (Å²) >= 11 is 5.70. The van der Waals surface area contributed by atoms with E-state index in [-0.39, 0.29) is 11.3 Å². The third-order valence-corrected chi connectivity index (χ3v) is 2.64. The molecule has 98 valence electrons. The third kappa shape index (κ3) is 3.14. The van der Waals surface area contributed by atoms with Crippen molar-refractivity contribution in [2.24, 2.45) is 0 Å². The van der Waals surface area contributed by atoms with Crippen LogP contribution in [-0.4, -0.2) is 23.1 Å². The SMILES string of the molecule is COc1ccc(NC(=O)c2ccc(Cl)cc2O)cn1. The summed E-state index contributed by atoms with van der Waals surface area (Å²) in [6, 6.07) is 7.56. The van der Waals surface area contributed by atoms with E-state index in [0.717, 1.165) is 0 Å². The van der Waals surface area contributed by atoms with Gasteiger partial charge in [0.15, 0.2) is 0 Å². The van der Waals surface area contributed by atoms with Crippen LogP contribution in [0.4, 0.5) is 5.69 Å². The number of nitrogens with one attached hydrogen (secondary N) is 1. The number of halogens is 1. The number of phenols is 1. The van der Waals surface area contributed by atoms with Crippen molar-refractivity contribution in [1.82, 2.24) is 4.98 Å². The summed E-state index contributed by atoms with van der Waals surface area (Å²) in [6.45, 7) is 0. The van der Waals surface area contributed by atoms with E-state index < -0.39 is 5.91 Å². The molecule has 0 aliphatic rings. The monoisotopic (exact) mass is 278 g/mol. The van der Waals surface area contributed by atoms with E-state index in [2.05, 4.69) is 10.3 Å². The molecule has 0 spiro atoms. The summed E-state index contributed by atoms with van der Waals surface area (Å²) in [5.41, 5.74) is 0.639. The fourth-order valence-corrected chi connectivity index (χ4v) is 1.64. The number of aromatic nitrogens is 1. The van der Waals surface area contributed by atoms with Gasteiger partial charge in [-0.2, -0.15) is 0 Å². The normalized spacial score (nSPS) is 10.0. The highest BCUT2D eigenvalue weighted by molar-refractivity contribution is 6.30. The Morgan fingerprint density at radius 3 is 2.74 bits per heavy atom. The molecule has 19 heavy (non-hydrogen) atoms. The van der Waals surface area contributed by atoms with Crippen LogP contribution < -0.4 is 10.1 Å². The molecular formula is C13H11ClN2O3. The van der Waals surface area contributed by atoms with Crippen molar-refractivity contribution in [2.45, 2.75) is 0 Å². The molecule has 1 amide bonds. The highest BCUT2D eigenvalue weighted by Gasteiger charge is 2.11. The second kappa shape index (κ2) is 5.58. The Morgan fingerprint density at radius 2 is 2.16 bits per heavy atom. The lowest BCUT2D eigenvalue weighted by molar-refractivity contribution is 0.102. The number of carbonyl (C=O) groups excluding carboxylic acids is 1. The molecule has 6 heteroatoms. The van der Waals surface area contributed by atoms with Gasteiger partial charge in [0.05, 0.1) is 24.6 Å². The second-order valence-electron chi connectivity index (χ2n) is 3.70. The largest absolute Gasteiger partial charge is 0.507 e. The molecule has 0 fully saturated rings. The van der Waals surface area contributed by atoms with Gasteiger partial charge in [-0.15, -0.1) is 0 Å². The maximum atomic E-state index is 11.9. The summed E-state index contributed by atoms with van der Waals surface area (Å²) < 4.78 is 4.91. The number of anilines is 1. The van der Waals surface area contributed by atoms with Gasteiger partial charge in [0.1, 0.15) is 5.75 Å². The van der Waals surface area contributed by atoms with E-state index in [1.54, 1.807) is 12.1 Å². The molecule has 5 nitrogen and oxygen atoms in total. The number of rotatable bonds is 3. The average molecular weight is 279 g/mol. The number of hydrogen-bond acceptors (Lipinski definition) is 4. The Morgan fingerprint density at radius 1 is 1.37 bits per heavy atom. The summed E-state index contributed by atoms with van der Waals surface area (Å²) in [5, 5.41) is 12.6. The Labute approximate surface area is 114 Å². The van der Waals surface area contributed by atoms with Crippen molar-refractivity contribution in [1.29, 1.82) is 0 Å². The second-order valence-corrected chi connectivity index (χ2v) is 4.14. The fourth-order valence-electron chi connectivity index (χ4n) is 1.47. The lowest BCUT2D eigenvalue weighted by atomic mass is 10.2. The molecule has 0 bridgehead atoms. The zero-order chi connectivity index (χ0) is 13.8. The molecule has 2 aromatic rings. The van der Waals surface area contributed by atoms with Crippen LogP contribution in [0.15, 0.2) is 36.5 Å². The molecule has 0 radical (unpaired) electrons. The number of amides is 1. The minimum atomic E-state index is -0.443. The van der Waals surface area contributed by atoms with E-state index in [0.29, 0.717) is 16.6 Å². The van der Waals surface area contributed by atoms with Gasteiger partial charge in [-0.1, -0.05) is 11.6 Å². The molecule has 1 heterocycles. The minimum Gasteiger partial charge on any atom is -0.507 e. The number of phenolic OH excluding ortho intramolecular Hbond substituents is 1. The number of pyridine rings is 1. The van der Waals surface area contributed by atoms with Gasteiger partial charge in [0.25, 0.3) is 5.91 Å². The third-order valence-electron chi connectivity index (χ3n) is 2.41. The summed E-state index contributed by atoms with van der Waals surface area (Å²) in [6.07, 6.45) is 1.46. The molecule has 0 saturated carbocycles. The first-order valence-electron chi connectivity index (χ1n) is 5.40. The molecule has 2 N–H and O–H groups in total. The smallest absolute Gasteiger partial charge is 0.259 e. The average Bonchev–Trinajstić information content (AvgIpc) is 2.39. The molecule has 0 unspecified atom stereocenters. The van der Waals surface area contributed by atoms with Gasteiger partial charge in [-0.25, -0.2) is 4.98 Å². The molecule has 1 aromatic carbocycles. The van der Waals surface area contributed by atoms with E-state index in [1.165, 1.54) is 31.5 Å². The first kappa shape index (κ1) is 13.2. The molecule has 0 aliphatic carbocycles. The Balaban J connectivity index is 2.15. The van der Waals surface area contributed by atoms with Crippen LogP contribution in [-0.2, 0) is 0 Å². The quantitative estimate of drug-likeness (QED) is 0.905. The maximum Gasteiger partial charge on any atom is 0.259 e. The lowest BCUT2D eigenvalue weighted by Crippen LogP contribution is -2.12. The topological polar surface area (TPSA) is 71.5 Å². The van der Waals surface area contributed by atoms with Crippen molar-refractivity contribution < 1.29 is 14.6 Å². The van der Waals surface area contributed by atoms with Crippen molar-refractivity contribution in [2.75, 3.05) is 12.4 Å². The van der Waals surface area contributed by atoms with Gasteiger partial charge in [0, 0.05) is 11.1 Å². The van der Waals surface area contributed by atoms with Crippen LogP contribution in [0, 0.1) is 0 Å². The van der Waals surface area contributed by atoms with E-state index in [4.69, 9.17) is 16.3 Å². The van der Waals surface area contributed by atoms with Crippen LogP contribution in [0.2, 0.25) is 5.02 Å². The van der Waals surface area contributed by atoms with Gasteiger partial charge in [-0.05, 0) is 24.3 Å². The van der Waals surface area contributed by atoms with Crippen LogP contribution in [0.1, 0.15) is 10.4 Å². The number of nitrogens with zero attached hydrogens (tertiary/aromatic N) is 1. The van der Waals surface area contributed by atoms with Crippen LogP contribution in [0.3, 0.4) is 0 Å². The summed E-state index contributed by atoms with van der Waals surface area (Å²) in [4.78, 5) is 15.9. The van der Waals surface area contributed by atoms with Gasteiger partial charge < -0.3 is 15.2 Å². The van der Waals surface area contributed by atoms with E-state index in [9.17, 15) is 9.90 Å². The zero-order valence-electron chi connectivity index (χ0n) is 10.1. The molecule has 0 aliphatic heterocycles. The van der Waals surface area contributed by atoms with Gasteiger partial charge >= 0.3 is 0 Å². The number of hydrogen-bond donors (Lipinski definition) is 2. The molecule has 1 aromatic heterocycles. The predicted octanol–water partition coefficient (Wildman–Crippen LogP) is 2.70. The van der Waals surface area contributed by atoms with Crippen molar-refractivity contribution >= 4 is 23.2 Å². The Bertz CT molecular complexity index is 599. The highest BCUT2D eigenvalue weighted by atomic mass is 35.5. The zero-order valence-corrected chi connectivity index (χ0v) is 10.8. The van der Waals surface area contributed by atoms with Gasteiger partial charge in [0.2, 0.25) is 5.88 Å². The summed E-state index contributed by atoms with van der Waals surface area (Å²) in [7, 11) is 1.51. The van der Waals surface area contributed by atoms with Gasteiger partial charge in [-0.3, -0.25) is 4.79 Å². The van der Waals surface area contributed by atoms with Crippen LogP contribution >= 0.6 is 11.6 Å². The number of aromatic hydroxyl groups is 1. The number of methoxy groups -OCH3 is 1. The van der Waals surface area contributed by atoms with Crippen molar-refractivity contribution in [3.05, 3.63) is 47.1 Å². The molecule has 0 saturated heterocycles. The minimum absolute atomic E-state index is 0.139. The molecule has 2 rings (SSSR count). The first-order valence-corrected chi connectivity index (χ1v) is 5.78. The van der Waals surface area contributed by atoms with E-state index >= 15 is 0 Å². The maximum absolute atomic E-state index is 11.9. The Hall–Kier alpha value is -2.27. The standard InChI is InChI=1S/C13H11ClN2O3/c1-19-12-5-3-9(7-15-12)16-13(18)10-4-2-8(14)6-11(10)17/h2-7,17H,1H3,(H,16,18). The van der Waals surface area contributed by atoms with Crippen LogP contribution in [0.5, 0.6) is 11.6 Å². The predicted molar refractivity (Wildman–Crippen MR) is 71.9 cm³/mol. The first-order chi connectivity index (χ1) is 9.10. The highest BCUT2D eigenvalue weighted by Crippen LogP contribution is 2.23. The molecular weight excluding hydrogens is 268 g/mol. The van der Waals surface area contributed by atoms with E-state index in [1.807, 2.05) is 0 Å². The van der Waals surface area contributed by atoms with Crippen LogP contribution in [0.25, 0.3) is 0 Å².